The summed E-state index contributed by atoms with van der Waals surface area (Å²) in [6.07, 6.45) is 3.05. The third-order valence-electron chi connectivity index (χ3n) is 3.44. The van der Waals surface area contributed by atoms with Crippen LogP contribution in [0.5, 0.6) is 0 Å². The van der Waals surface area contributed by atoms with Crippen molar-refractivity contribution in [2.45, 2.75) is 43.7 Å². The van der Waals surface area contributed by atoms with Crippen molar-refractivity contribution in [1.29, 1.82) is 0 Å². The molecular weight excluding hydrogens is 278 g/mol. The highest BCUT2D eigenvalue weighted by atomic mass is 32.2. The number of nitrogens with zero attached hydrogens (tertiary/aromatic N) is 2. The molecule has 2 rings (SSSR count). The van der Waals surface area contributed by atoms with Gasteiger partial charge in [-0.05, 0) is 39.8 Å². The number of rotatable bonds is 4. The Bertz CT molecular complexity index is 573. The number of piperidine rings is 1. The van der Waals surface area contributed by atoms with Crippen molar-refractivity contribution in [2.24, 2.45) is 0 Å². The molecule has 4 N–H and O–H groups in total. The fourth-order valence-corrected chi connectivity index (χ4v) is 3.37. The van der Waals surface area contributed by atoms with E-state index in [1.54, 1.807) is 4.68 Å². The van der Waals surface area contributed by atoms with Gasteiger partial charge in [-0.2, -0.15) is 5.10 Å². The summed E-state index contributed by atoms with van der Waals surface area (Å²) in [5.41, 5.74) is 5.97. The Labute approximate surface area is 119 Å². The second-order valence-corrected chi connectivity index (χ2v) is 7.49. The Morgan fingerprint density at radius 1 is 1.40 bits per heavy atom. The maximum Gasteiger partial charge on any atom is 0.182 e. The van der Waals surface area contributed by atoms with Crippen LogP contribution in [0.3, 0.4) is 0 Å². The van der Waals surface area contributed by atoms with E-state index in [1.165, 1.54) is 6.26 Å². The number of nitrogens with one attached hydrogen (secondary N) is 2. The van der Waals surface area contributed by atoms with E-state index >= 15 is 0 Å². The molecule has 1 fully saturated rings. The Balaban J connectivity index is 2.37. The van der Waals surface area contributed by atoms with E-state index in [4.69, 9.17) is 5.73 Å². The van der Waals surface area contributed by atoms with Crippen molar-refractivity contribution in [3.63, 3.8) is 0 Å². The minimum Gasteiger partial charge on any atom is -0.383 e. The highest BCUT2D eigenvalue weighted by Gasteiger charge is 2.27. The predicted octanol–water partition coefficient (Wildman–Crippen LogP) is 0.614. The lowest BCUT2D eigenvalue weighted by molar-refractivity contribution is 0.475. The van der Waals surface area contributed by atoms with Gasteiger partial charge in [0.15, 0.2) is 20.6 Å². The Morgan fingerprint density at radius 3 is 2.50 bits per heavy atom. The molecular formula is C12H23N5O2S. The number of hydrogen-bond acceptors (Lipinski definition) is 6. The van der Waals surface area contributed by atoms with Crippen molar-refractivity contribution >= 4 is 21.5 Å². The Kier molecular flexibility index (Phi) is 4.24. The van der Waals surface area contributed by atoms with Crippen molar-refractivity contribution in [1.82, 2.24) is 15.1 Å². The molecule has 114 valence electrons. The number of sulfone groups is 1. The van der Waals surface area contributed by atoms with Crippen LogP contribution in [0.2, 0.25) is 0 Å². The first-order chi connectivity index (χ1) is 9.30. The molecule has 0 aliphatic carbocycles. The summed E-state index contributed by atoms with van der Waals surface area (Å²) in [7, 11) is -3.41. The van der Waals surface area contributed by atoms with Crippen LogP contribution in [0, 0.1) is 0 Å². The number of nitrogens with two attached hydrogens (primary N) is 1. The van der Waals surface area contributed by atoms with Gasteiger partial charge in [-0.25, -0.2) is 13.1 Å². The van der Waals surface area contributed by atoms with Crippen LogP contribution < -0.4 is 16.4 Å². The second kappa shape index (κ2) is 5.61. The van der Waals surface area contributed by atoms with Gasteiger partial charge in [0.2, 0.25) is 0 Å². The molecule has 2 heterocycles. The quantitative estimate of drug-likeness (QED) is 0.753. The van der Waals surface area contributed by atoms with Crippen molar-refractivity contribution in [3.05, 3.63) is 0 Å². The summed E-state index contributed by atoms with van der Waals surface area (Å²) in [4.78, 5) is 0.115. The summed E-state index contributed by atoms with van der Waals surface area (Å²) >= 11 is 0. The summed E-state index contributed by atoms with van der Waals surface area (Å²) in [5.74, 6) is 0.588. The number of nitrogen functional groups attached to an aromatic ring is 1. The molecule has 0 atom stereocenters. The summed E-state index contributed by atoms with van der Waals surface area (Å²) in [5, 5.41) is 10.9. The Morgan fingerprint density at radius 2 is 2.00 bits per heavy atom. The van der Waals surface area contributed by atoms with Gasteiger partial charge < -0.3 is 16.4 Å². The van der Waals surface area contributed by atoms with Crippen LogP contribution >= 0.6 is 0 Å². The zero-order chi connectivity index (χ0) is 14.9. The number of anilines is 2. The molecule has 0 saturated carbocycles. The fourth-order valence-electron chi connectivity index (χ4n) is 2.45. The maximum atomic E-state index is 12.0. The van der Waals surface area contributed by atoms with Crippen molar-refractivity contribution in [2.75, 3.05) is 30.4 Å². The first-order valence-corrected chi connectivity index (χ1v) is 8.75. The molecule has 8 heteroatoms. The lowest BCUT2D eigenvalue weighted by Gasteiger charge is -2.23. The van der Waals surface area contributed by atoms with E-state index in [0.29, 0.717) is 5.82 Å². The second-order valence-electron chi connectivity index (χ2n) is 5.54. The van der Waals surface area contributed by atoms with Crippen LogP contribution in [0.25, 0.3) is 0 Å². The van der Waals surface area contributed by atoms with E-state index in [9.17, 15) is 8.42 Å². The topological polar surface area (TPSA) is 102 Å². The molecule has 0 radical (unpaired) electrons. The van der Waals surface area contributed by atoms with Crippen LogP contribution in [-0.2, 0) is 9.84 Å². The zero-order valence-electron chi connectivity index (χ0n) is 12.2. The third kappa shape index (κ3) is 3.06. The van der Waals surface area contributed by atoms with E-state index < -0.39 is 9.84 Å². The minimum atomic E-state index is -3.41. The van der Waals surface area contributed by atoms with Gasteiger partial charge in [0.1, 0.15) is 5.82 Å². The first-order valence-electron chi connectivity index (χ1n) is 6.86. The lowest BCUT2D eigenvalue weighted by Crippen LogP contribution is -2.35. The average Bonchev–Trinajstić information content (AvgIpc) is 2.67. The monoisotopic (exact) mass is 301 g/mol. The van der Waals surface area contributed by atoms with Crippen molar-refractivity contribution < 1.29 is 8.42 Å². The van der Waals surface area contributed by atoms with Gasteiger partial charge in [0.05, 0.1) is 0 Å². The normalized spacial score (nSPS) is 17.6. The zero-order valence-corrected chi connectivity index (χ0v) is 13.0. The number of hydrogen-bond donors (Lipinski definition) is 3. The van der Waals surface area contributed by atoms with Gasteiger partial charge >= 0.3 is 0 Å². The molecule has 1 aliphatic heterocycles. The lowest BCUT2D eigenvalue weighted by atomic mass is 10.1. The fraction of sp³-hybridized carbons (Fsp3) is 0.750. The van der Waals surface area contributed by atoms with E-state index in [2.05, 4.69) is 15.7 Å². The summed E-state index contributed by atoms with van der Waals surface area (Å²) in [6.45, 7) is 5.69. The van der Waals surface area contributed by atoms with Gasteiger partial charge in [-0.1, -0.05) is 0 Å². The number of aromatic nitrogens is 2. The third-order valence-corrected chi connectivity index (χ3v) is 4.59. The molecule has 0 amide bonds. The summed E-state index contributed by atoms with van der Waals surface area (Å²) in [6, 6.07) is 0.241. The van der Waals surface area contributed by atoms with Gasteiger partial charge in [0, 0.05) is 18.3 Å². The Hall–Kier alpha value is -1.28. The molecule has 1 aliphatic rings. The largest absolute Gasteiger partial charge is 0.383 e. The van der Waals surface area contributed by atoms with Crippen LogP contribution in [0.4, 0.5) is 11.6 Å². The van der Waals surface area contributed by atoms with Crippen LogP contribution in [0.15, 0.2) is 4.90 Å². The first kappa shape index (κ1) is 15.1. The molecule has 1 saturated heterocycles. The molecule has 0 bridgehead atoms. The highest BCUT2D eigenvalue weighted by molar-refractivity contribution is 7.91. The molecule has 20 heavy (non-hydrogen) atoms. The molecule has 1 aromatic rings. The van der Waals surface area contributed by atoms with E-state index in [0.717, 1.165) is 25.9 Å². The standard InChI is InChI=1S/C12H23N5O2S/c1-8(2)17-11(13)10(20(3,18)19)12(16-17)15-9-4-6-14-7-5-9/h8-9,14H,4-7,13H2,1-3H3,(H,15,16). The maximum absolute atomic E-state index is 12.0. The summed E-state index contributed by atoms with van der Waals surface area (Å²) < 4.78 is 25.5. The predicted molar refractivity (Wildman–Crippen MR) is 79.6 cm³/mol. The molecule has 0 aromatic carbocycles. The SMILES string of the molecule is CC(C)n1nc(NC2CCNCC2)c(S(C)(=O)=O)c1N. The van der Waals surface area contributed by atoms with Gasteiger partial charge in [0.25, 0.3) is 0 Å². The van der Waals surface area contributed by atoms with Gasteiger partial charge in [-0.15, -0.1) is 0 Å². The smallest absolute Gasteiger partial charge is 0.182 e. The van der Waals surface area contributed by atoms with E-state index in [-0.39, 0.29) is 22.8 Å². The highest BCUT2D eigenvalue weighted by Crippen LogP contribution is 2.30. The minimum absolute atomic E-state index is 0.0130. The van der Waals surface area contributed by atoms with Gasteiger partial charge in [-0.3, -0.25) is 0 Å². The molecule has 1 aromatic heterocycles. The molecule has 0 unspecified atom stereocenters. The molecule has 7 nitrogen and oxygen atoms in total. The van der Waals surface area contributed by atoms with Crippen LogP contribution in [-0.4, -0.2) is 43.6 Å². The van der Waals surface area contributed by atoms with E-state index in [1.807, 2.05) is 13.8 Å². The van der Waals surface area contributed by atoms with Crippen LogP contribution in [0.1, 0.15) is 32.7 Å². The average molecular weight is 301 g/mol. The molecule has 0 spiro atoms. The van der Waals surface area contributed by atoms with Crippen molar-refractivity contribution in [3.8, 4) is 0 Å².